The summed E-state index contributed by atoms with van der Waals surface area (Å²) in [5, 5.41) is 2.01. The summed E-state index contributed by atoms with van der Waals surface area (Å²) in [5.74, 6) is 1.51. The van der Waals surface area contributed by atoms with Gasteiger partial charge in [0.25, 0.3) is 0 Å². The SMILES string of the molecule is CCCC(=O)N(CC(=O)N(Cc1ccc2c(c1)OCO2)Cc1cccs1)C1CC1. The van der Waals surface area contributed by atoms with Crippen LogP contribution in [-0.2, 0) is 22.7 Å². The van der Waals surface area contributed by atoms with E-state index >= 15 is 0 Å². The number of hydrogen-bond acceptors (Lipinski definition) is 5. The molecule has 1 fully saturated rings. The van der Waals surface area contributed by atoms with Gasteiger partial charge < -0.3 is 19.3 Å². The Hall–Kier alpha value is -2.54. The second-order valence-electron chi connectivity index (χ2n) is 7.52. The number of nitrogens with zero attached hydrogens (tertiary/aromatic N) is 2. The highest BCUT2D eigenvalue weighted by atomic mass is 32.1. The Labute approximate surface area is 175 Å². The minimum absolute atomic E-state index is 0.0209. The zero-order valence-electron chi connectivity index (χ0n) is 16.6. The van der Waals surface area contributed by atoms with Crippen LogP contribution in [0.2, 0.25) is 0 Å². The van der Waals surface area contributed by atoms with Crippen LogP contribution in [0, 0.1) is 0 Å². The van der Waals surface area contributed by atoms with Crippen molar-refractivity contribution in [3.63, 3.8) is 0 Å². The third kappa shape index (κ3) is 4.90. The van der Waals surface area contributed by atoms with Crippen LogP contribution in [0.4, 0.5) is 0 Å². The Kier molecular flexibility index (Phi) is 6.04. The molecule has 1 aliphatic heterocycles. The van der Waals surface area contributed by atoms with Crippen molar-refractivity contribution in [1.29, 1.82) is 0 Å². The maximum atomic E-state index is 13.2. The van der Waals surface area contributed by atoms with Crippen molar-refractivity contribution in [1.82, 2.24) is 9.80 Å². The van der Waals surface area contributed by atoms with E-state index in [1.807, 2.05) is 47.5 Å². The van der Waals surface area contributed by atoms with E-state index < -0.39 is 0 Å². The summed E-state index contributed by atoms with van der Waals surface area (Å²) in [6, 6.07) is 10.0. The maximum Gasteiger partial charge on any atom is 0.242 e. The molecule has 2 aliphatic rings. The third-order valence-corrected chi connectivity index (χ3v) is 6.03. The van der Waals surface area contributed by atoms with Gasteiger partial charge in [-0.2, -0.15) is 0 Å². The molecule has 0 bridgehead atoms. The van der Waals surface area contributed by atoms with E-state index in [9.17, 15) is 9.59 Å². The molecule has 6 nitrogen and oxygen atoms in total. The van der Waals surface area contributed by atoms with Crippen LogP contribution in [0.15, 0.2) is 35.7 Å². The van der Waals surface area contributed by atoms with Gasteiger partial charge in [0.2, 0.25) is 18.6 Å². The second-order valence-corrected chi connectivity index (χ2v) is 8.55. The molecule has 0 unspecified atom stereocenters. The van der Waals surface area contributed by atoms with E-state index in [2.05, 4.69) is 0 Å². The van der Waals surface area contributed by atoms with Crippen LogP contribution in [0.3, 0.4) is 0 Å². The lowest BCUT2D eigenvalue weighted by molar-refractivity contribution is -0.141. The van der Waals surface area contributed by atoms with Crippen LogP contribution in [0.1, 0.15) is 43.0 Å². The summed E-state index contributed by atoms with van der Waals surface area (Å²) < 4.78 is 10.9. The minimum atomic E-state index is -0.0209. The first kappa shape index (κ1) is 19.8. The molecule has 4 rings (SSSR count). The number of thiophene rings is 1. The highest BCUT2D eigenvalue weighted by Crippen LogP contribution is 2.33. The normalized spacial score (nSPS) is 14.7. The predicted octanol–water partition coefficient (Wildman–Crippen LogP) is 3.80. The van der Waals surface area contributed by atoms with Gasteiger partial charge in [-0.25, -0.2) is 0 Å². The van der Waals surface area contributed by atoms with E-state index in [0.717, 1.165) is 35.5 Å². The van der Waals surface area contributed by atoms with Gasteiger partial charge in [0.15, 0.2) is 11.5 Å². The molecule has 0 atom stereocenters. The number of benzene rings is 1. The summed E-state index contributed by atoms with van der Waals surface area (Å²) in [6.45, 7) is 3.37. The minimum Gasteiger partial charge on any atom is -0.454 e. The van der Waals surface area contributed by atoms with Crippen molar-refractivity contribution in [3.8, 4) is 11.5 Å². The van der Waals surface area contributed by atoms with Gasteiger partial charge in [-0.3, -0.25) is 9.59 Å². The van der Waals surface area contributed by atoms with Crippen LogP contribution < -0.4 is 9.47 Å². The predicted molar refractivity (Wildman–Crippen MR) is 111 cm³/mol. The number of carbonyl (C=O) groups is 2. The monoisotopic (exact) mass is 414 g/mol. The zero-order valence-corrected chi connectivity index (χ0v) is 17.5. The van der Waals surface area contributed by atoms with E-state index in [0.29, 0.717) is 25.3 Å². The molecule has 7 heteroatoms. The lowest BCUT2D eigenvalue weighted by Crippen LogP contribution is -2.43. The molecule has 2 amide bonds. The van der Waals surface area contributed by atoms with Gasteiger partial charge in [-0.1, -0.05) is 19.1 Å². The van der Waals surface area contributed by atoms with Crippen LogP contribution in [-0.4, -0.2) is 41.0 Å². The molecule has 1 aromatic heterocycles. The quantitative estimate of drug-likeness (QED) is 0.626. The van der Waals surface area contributed by atoms with Crippen LogP contribution in [0.5, 0.6) is 11.5 Å². The Morgan fingerprint density at radius 3 is 2.66 bits per heavy atom. The first-order chi connectivity index (χ1) is 14.1. The number of ether oxygens (including phenoxy) is 2. The summed E-state index contributed by atoms with van der Waals surface area (Å²) in [5.41, 5.74) is 0.983. The molecule has 1 saturated carbocycles. The Morgan fingerprint density at radius 1 is 1.10 bits per heavy atom. The molecule has 0 saturated heterocycles. The molecule has 154 valence electrons. The molecular weight excluding hydrogens is 388 g/mol. The number of hydrogen-bond donors (Lipinski definition) is 0. The lowest BCUT2D eigenvalue weighted by Gasteiger charge is -2.28. The van der Waals surface area contributed by atoms with Crippen molar-refractivity contribution in [2.24, 2.45) is 0 Å². The Morgan fingerprint density at radius 2 is 1.93 bits per heavy atom. The van der Waals surface area contributed by atoms with Crippen LogP contribution in [0.25, 0.3) is 0 Å². The number of fused-ring (bicyclic) bond motifs is 1. The molecule has 29 heavy (non-hydrogen) atoms. The summed E-state index contributed by atoms with van der Waals surface area (Å²) in [6.07, 6.45) is 3.29. The van der Waals surface area contributed by atoms with Crippen molar-refractivity contribution < 1.29 is 19.1 Å². The van der Waals surface area contributed by atoms with Crippen molar-refractivity contribution in [3.05, 3.63) is 46.2 Å². The van der Waals surface area contributed by atoms with E-state index in [1.165, 1.54) is 0 Å². The first-order valence-electron chi connectivity index (χ1n) is 10.1. The van der Waals surface area contributed by atoms with Gasteiger partial charge >= 0.3 is 0 Å². The van der Waals surface area contributed by atoms with Gasteiger partial charge in [0.1, 0.15) is 6.54 Å². The fourth-order valence-corrected chi connectivity index (χ4v) is 4.21. The highest BCUT2D eigenvalue weighted by Gasteiger charge is 2.34. The molecule has 0 spiro atoms. The maximum absolute atomic E-state index is 13.2. The fourth-order valence-electron chi connectivity index (χ4n) is 3.49. The zero-order chi connectivity index (χ0) is 20.2. The summed E-state index contributed by atoms with van der Waals surface area (Å²) >= 11 is 1.63. The fraction of sp³-hybridized carbons (Fsp3) is 0.455. The van der Waals surface area contributed by atoms with E-state index in [1.54, 1.807) is 16.2 Å². The third-order valence-electron chi connectivity index (χ3n) is 5.17. The molecule has 2 aromatic rings. The van der Waals surface area contributed by atoms with Crippen LogP contribution >= 0.6 is 11.3 Å². The summed E-state index contributed by atoms with van der Waals surface area (Å²) in [7, 11) is 0. The van der Waals surface area contributed by atoms with Crippen molar-refractivity contribution >= 4 is 23.2 Å². The first-order valence-corrected chi connectivity index (χ1v) is 11.0. The number of amides is 2. The standard InChI is InChI=1S/C22H26N2O4S/c1-2-4-21(25)24(17-7-8-17)14-22(26)23(13-18-5-3-10-29-18)12-16-6-9-19-20(11-16)28-15-27-19/h3,5-6,9-11,17H,2,4,7-8,12-15H2,1H3. The molecule has 0 N–H and O–H groups in total. The van der Waals surface area contributed by atoms with E-state index in [-0.39, 0.29) is 31.2 Å². The smallest absolute Gasteiger partial charge is 0.242 e. The van der Waals surface area contributed by atoms with Gasteiger partial charge in [-0.15, -0.1) is 11.3 Å². The van der Waals surface area contributed by atoms with Crippen molar-refractivity contribution in [2.45, 2.75) is 51.7 Å². The Bertz CT molecular complexity index is 864. The molecule has 0 radical (unpaired) electrons. The van der Waals surface area contributed by atoms with Crippen molar-refractivity contribution in [2.75, 3.05) is 13.3 Å². The molecule has 2 heterocycles. The van der Waals surface area contributed by atoms with Gasteiger partial charge in [-0.05, 0) is 48.4 Å². The number of carbonyl (C=O) groups excluding carboxylic acids is 2. The molecule has 1 aromatic carbocycles. The topological polar surface area (TPSA) is 59.1 Å². The van der Waals surface area contributed by atoms with Gasteiger partial charge in [0, 0.05) is 23.9 Å². The largest absolute Gasteiger partial charge is 0.454 e. The summed E-state index contributed by atoms with van der Waals surface area (Å²) in [4.78, 5) is 30.5. The molecule has 1 aliphatic carbocycles. The highest BCUT2D eigenvalue weighted by molar-refractivity contribution is 7.09. The molecular formula is C22H26N2O4S. The average Bonchev–Trinajstić information content (AvgIpc) is 3.21. The number of rotatable bonds is 9. The lowest BCUT2D eigenvalue weighted by atomic mass is 10.2. The second kappa shape index (κ2) is 8.86. The van der Waals surface area contributed by atoms with Gasteiger partial charge in [0.05, 0.1) is 6.54 Å². The Balaban J connectivity index is 1.50. The average molecular weight is 415 g/mol. The van der Waals surface area contributed by atoms with E-state index in [4.69, 9.17) is 9.47 Å².